The van der Waals surface area contributed by atoms with Crippen molar-refractivity contribution >= 4 is 23.5 Å². The number of aromatic nitrogens is 4. The normalized spacial score (nSPS) is 15.2. The third-order valence-corrected chi connectivity index (χ3v) is 5.59. The predicted octanol–water partition coefficient (Wildman–Crippen LogP) is 4.54. The van der Waals surface area contributed by atoms with Gasteiger partial charge in [-0.1, -0.05) is 66.4 Å². The molecule has 0 saturated heterocycles. The highest BCUT2D eigenvalue weighted by Gasteiger charge is 2.36. The van der Waals surface area contributed by atoms with E-state index in [9.17, 15) is 4.79 Å². The lowest BCUT2D eigenvalue weighted by Gasteiger charge is -2.28. The molecule has 32 heavy (non-hydrogen) atoms. The molecule has 2 heterocycles. The summed E-state index contributed by atoms with van der Waals surface area (Å²) in [5.41, 5.74) is 2.69. The Morgan fingerprint density at radius 1 is 1.19 bits per heavy atom. The van der Waals surface area contributed by atoms with Crippen LogP contribution < -0.4 is 10.1 Å². The van der Waals surface area contributed by atoms with Gasteiger partial charge in [-0.25, -0.2) is 4.79 Å². The number of tetrazole rings is 1. The van der Waals surface area contributed by atoms with Gasteiger partial charge in [0.25, 0.3) is 0 Å². The smallest absolute Gasteiger partial charge is 0.338 e. The van der Waals surface area contributed by atoms with Crippen molar-refractivity contribution in [3.05, 3.63) is 76.0 Å². The van der Waals surface area contributed by atoms with Gasteiger partial charge in [-0.05, 0) is 35.9 Å². The number of para-hydroxylation sites is 1. The van der Waals surface area contributed by atoms with E-state index in [0.717, 1.165) is 24.0 Å². The monoisotopic (exact) mass is 453 g/mol. The minimum atomic E-state index is -0.599. The van der Waals surface area contributed by atoms with E-state index in [1.54, 1.807) is 4.68 Å². The highest BCUT2D eigenvalue weighted by molar-refractivity contribution is 6.31. The number of hydrogen-bond acceptors (Lipinski definition) is 7. The average molecular weight is 454 g/mol. The minimum Gasteiger partial charge on any atom is -0.488 e. The van der Waals surface area contributed by atoms with E-state index in [2.05, 4.69) is 20.8 Å². The van der Waals surface area contributed by atoms with Gasteiger partial charge in [0.2, 0.25) is 5.95 Å². The van der Waals surface area contributed by atoms with Crippen LogP contribution in [-0.2, 0) is 16.1 Å². The van der Waals surface area contributed by atoms with Crippen LogP contribution in [0.25, 0.3) is 0 Å². The molecule has 1 unspecified atom stereocenters. The Bertz CT molecular complexity index is 1140. The van der Waals surface area contributed by atoms with Gasteiger partial charge in [-0.15, -0.1) is 0 Å². The molecule has 8 nitrogen and oxygen atoms in total. The Labute approximate surface area is 191 Å². The summed E-state index contributed by atoms with van der Waals surface area (Å²) in [7, 11) is 0. The van der Waals surface area contributed by atoms with Crippen LogP contribution in [0.2, 0.25) is 5.02 Å². The number of nitrogens with one attached hydrogen (secondary N) is 1. The van der Waals surface area contributed by atoms with Gasteiger partial charge in [0.05, 0.1) is 12.2 Å². The van der Waals surface area contributed by atoms with Gasteiger partial charge in [-0.3, -0.25) is 0 Å². The number of benzene rings is 2. The molecule has 1 N–H and O–H groups in total. The second-order valence-corrected chi connectivity index (χ2v) is 7.83. The first-order chi connectivity index (χ1) is 15.6. The summed E-state index contributed by atoms with van der Waals surface area (Å²) < 4.78 is 13.3. The van der Waals surface area contributed by atoms with E-state index < -0.39 is 12.0 Å². The zero-order chi connectivity index (χ0) is 22.5. The lowest BCUT2D eigenvalue weighted by molar-refractivity contribution is -0.139. The first-order valence-corrected chi connectivity index (χ1v) is 10.9. The van der Waals surface area contributed by atoms with E-state index in [4.69, 9.17) is 21.1 Å². The van der Waals surface area contributed by atoms with Gasteiger partial charge in [0.1, 0.15) is 18.4 Å². The number of allylic oxidation sites excluding steroid dienone is 1. The number of carbonyl (C=O) groups is 1. The Kier molecular flexibility index (Phi) is 6.70. The number of hydrogen-bond donors (Lipinski definition) is 1. The number of anilines is 1. The Balaban J connectivity index is 1.70. The average Bonchev–Trinajstić information content (AvgIpc) is 3.26. The zero-order valence-corrected chi connectivity index (χ0v) is 18.7. The van der Waals surface area contributed by atoms with Gasteiger partial charge < -0.3 is 14.8 Å². The fourth-order valence-electron chi connectivity index (χ4n) is 3.56. The Morgan fingerprint density at radius 3 is 2.78 bits per heavy atom. The van der Waals surface area contributed by atoms with Crippen LogP contribution in [0, 0.1) is 0 Å². The second-order valence-electron chi connectivity index (χ2n) is 7.42. The molecule has 4 rings (SSSR count). The number of fused-ring (bicyclic) bond motifs is 1. The summed E-state index contributed by atoms with van der Waals surface area (Å²) in [4.78, 5) is 13.1. The molecule has 1 aliphatic heterocycles. The summed E-state index contributed by atoms with van der Waals surface area (Å²) >= 11 is 6.29. The molecule has 1 atom stereocenters. The molecule has 0 bridgehead atoms. The molecule has 0 fully saturated rings. The van der Waals surface area contributed by atoms with Crippen molar-refractivity contribution in [3.63, 3.8) is 0 Å². The van der Waals surface area contributed by atoms with Crippen LogP contribution in [0.1, 0.15) is 43.9 Å². The van der Waals surface area contributed by atoms with Crippen molar-refractivity contribution < 1.29 is 14.3 Å². The zero-order valence-electron chi connectivity index (χ0n) is 17.9. The number of unbranched alkanes of at least 4 members (excludes halogenated alkanes) is 1. The van der Waals surface area contributed by atoms with Crippen molar-refractivity contribution in [1.29, 1.82) is 0 Å². The predicted molar refractivity (Wildman–Crippen MR) is 120 cm³/mol. The third kappa shape index (κ3) is 4.45. The number of ether oxygens (including phenoxy) is 2. The largest absolute Gasteiger partial charge is 0.488 e. The lowest BCUT2D eigenvalue weighted by atomic mass is 9.95. The topological polar surface area (TPSA) is 91.2 Å². The molecule has 0 amide bonds. The quantitative estimate of drug-likeness (QED) is 0.395. The van der Waals surface area contributed by atoms with Crippen LogP contribution in [0.3, 0.4) is 0 Å². The van der Waals surface area contributed by atoms with Gasteiger partial charge in [-0.2, -0.15) is 4.68 Å². The van der Waals surface area contributed by atoms with Crippen LogP contribution in [-0.4, -0.2) is 32.8 Å². The van der Waals surface area contributed by atoms with Crippen LogP contribution in [0.15, 0.2) is 59.8 Å². The van der Waals surface area contributed by atoms with Gasteiger partial charge in [0.15, 0.2) is 0 Å². The molecule has 0 radical (unpaired) electrons. The molecule has 1 aromatic heterocycles. The van der Waals surface area contributed by atoms with E-state index in [0.29, 0.717) is 34.6 Å². The summed E-state index contributed by atoms with van der Waals surface area (Å²) in [6, 6.07) is 14.4. The molecule has 0 saturated carbocycles. The van der Waals surface area contributed by atoms with Crippen LogP contribution in [0.4, 0.5) is 5.95 Å². The first-order valence-electron chi connectivity index (χ1n) is 10.5. The van der Waals surface area contributed by atoms with E-state index in [1.807, 2.05) is 62.4 Å². The molecule has 0 aliphatic carbocycles. The molecule has 9 heteroatoms. The fraction of sp³-hybridized carbons (Fsp3) is 0.304. The summed E-state index contributed by atoms with van der Waals surface area (Å²) in [5, 5.41) is 15.7. The van der Waals surface area contributed by atoms with Crippen molar-refractivity contribution in [2.75, 3.05) is 11.9 Å². The van der Waals surface area contributed by atoms with Gasteiger partial charge >= 0.3 is 5.97 Å². The molecular formula is C23H24ClN5O3. The number of esters is 1. The molecular weight excluding hydrogens is 430 g/mol. The van der Waals surface area contributed by atoms with Crippen molar-refractivity contribution in [3.8, 4) is 5.75 Å². The maximum atomic E-state index is 13.1. The van der Waals surface area contributed by atoms with Crippen molar-refractivity contribution in [1.82, 2.24) is 20.2 Å². The number of carbonyl (C=O) groups excluding carboxylic acids is 1. The maximum absolute atomic E-state index is 13.1. The standard InChI is InChI=1S/C23H24ClN5O3/c1-3-4-13-31-22(30)20-15(2)25-23-26-27-28-29(23)21(20)17-10-6-8-12-19(17)32-14-16-9-5-7-11-18(16)24/h5-12,21H,3-4,13-14H2,1-2H3,(H,25,26,28). The van der Waals surface area contributed by atoms with E-state index in [-0.39, 0.29) is 6.61 Å². The Hall–Kier alpha value is -3.39. The highest BCUT2D eigenvalue weighted by atomic mass is 35.5. The van der Waals surface area contributed by atoms with E-state index >= 15 is 0 Å². The molecule has 166 valence electrons. The van der Waals surface area contributed by atoms with Crippen molar-refractivity contribution in [2.24, 2.45) is 0 Å². The third-order valence-electron chi connectivity index (χ3n) is 5.22. The second kappa shape index (κ2) is 9.82. The molecule has 1 aliphatic rings. The highest BCUT2D eigenvalue weighted by Crippen LogP contribution is 2.39. The van der Waals surface area contributed by atoms with Crippen molar-refractivity contribution in [2.45, 2.75) is 39.3 Å². The molecule has 2 aromatic carbocycles. The number of nitrogens with zero attached hydrogens (tertiary/aromatic N) is 4. The fourth-order valence-corrected chi connectivity index (χ4v) is 3.75. The molecule has 0 spiro atoms. The maximum Gasteiger partial charge on any atom is 0.338 e. The van der Waals surface area contributed by atoms with E-state index in [1.165, 1.54) is 0 Å². The SMILES string of the molecule is CCCCOC(=O)C1=C(C)Nc2nnnn2C1c1ccccc1OCc1ccccc1Cl. The lowest BCUT2D eigenvalue weighted by Crippen LogP contribution is -2.30. The minimum absolute atomic E-state index is 0.281. The first kappa shape index (κ1) is 21.8. The number of rotatable bonds is 8. The van der Waals surface area contributed by atoms with Gasteiger partial charge in [0, 0.05) is 21.8 Å². The summed E-state index contributed by atoms with van der Waals surface area (Å²) in [6.07, 6.45) is 1.73. The van der Waals surface area contributed by atoms with Crippen LogP contribution in [0.5, 0.6) is 5.75 Å². The summed E-state index contributed by atoms with van der Waals surface area (Å²) in [5.74, 6) is 0.640. The molecule has 3 aromatic rings. The number of halogens is 1. The Morgan fingerprint density at radius 2 is 1.97 bits per heavy atom. The summed E-state index contributed by atoms with van der Waals surface area (Å²) in [6.45, 7) is 4.49. The van der Waals surface area contributed by atoms with Crippen LogP contribution >= 0.6 is 11.6 Å².